The molecule has 0 radical (unpaired) electrons. The highest BCUT2D eigenvalue weighted by atomic mass is 16.7. The summed E-state index contributed by atoms with van der Waals surface area (Å²) in [5.41, 5.74) is -19.7. The van der Waals surface area contributed by atoms with Gasteiger partial charge in [0.15, 0.2) is 58.0 Å². The van der Waals surface area contributed by atoms with Crippen LogP contribution in [0.4, 0.5) is 0 Å². The summed E-state index contributed by atoms with van der Waals surface area (Å²) in [6, 6.07) is 0. The van der Waals surface area contributed by atoms with Gasteiger partial charge in [-0.1, -0.05) is 39.0 Å². The number of ether oxygens (including phenoxy) is 3. The molecule has 2 heterocycles. The average molecular weight is 749 g/mol. The fourth-order valence-corrected chi connectivity index (χ4v) is 7.39. The number of unbranched alkanes of at least 4 members (excludes halogenated alkanes) is 5. The minimum absolute atomic E-state index is 0.0649. The first kappa shape index (κ1) is 45.4. The van der Waals surface area contributed by atoms with Crippen molar-refractivity contribution in [1.29, 1.82) is 0 Å². The lowest BCUT2D eigenvalue weighted by Crippen LogP contribution is -2.92. The highest BCUT2D eigenvalue weighted by Gasteiger charge is 2.85. The van der Waals surface area contributed by atoms with Crippen molar-refractivity contribution in [3.63, 3.8) is 0 Å². The van der Waals surface area contributed by atoms with Crippen molar-refractivity contribution in [3.8, 4) is 0 Å². The predicted octanol–water partition coefficient (Wildman–Crippen LogP) is -2.57. The predicted molar refractivity (Wildman–Crippen MR) is 173 cm³/mol. The maximum absolute atomic E-state index is 14.1. The van der Waals surface area contributed by atoms with Crippen molar-refractivity contribution in [2.75, 3.05) is 0 Å². The molecule has 18 nitrogen and oxygen atoms in total. The van der Waals surface area contributed by atoms with Gasteiger partial charge in [0, 0.05) is 6.42 Å². The van der Waals surface area contributed by atoms with Crippen LogP contribution in [0.3, 0.4) is 0 Å². The maximum atomic E-state index is 14.1. The second-order valence-electron chi connectivity index (χ2n) is 13.9. The molecule has 0 aliphatic carbocycles. The molecule has 296 valence electrons. The van der Waals surface area contributed by atoms with E-state index in [0.29, 0.717) is 47.5 Å². The molecule has 52 heavy (non-hydrogen) atoms. The third-order valence-electron chi connectivity index (χ3n) is 10.5. The summed E-state index contributed by atoms with van der Waals surface area (Å²) in [4.78, 5) is 92.6. The van der Waals surface area contributed by atoms with E-state index in [-0.39, 0.29) is 6.42 Å². The van der Waals surface area contributed by atoms with E-state index < -0.39 is 118 Å². The van der Waals surface area contributed by atoms with Crippen molar-refractivity contribution in [3.05, 3.63) is 0 Å². The summed E-state index contributed by atoms with van der Waals surface area (Å²) >= 11 is 0. The van der Waals surface area contributed by atoms with Gasteiger partial charge in [0.2, 0.25) is 22.6 Å². The summed E-state index contributed by atoms with van der Waals surface area (Å²) in [5.74, 6) is -14.2. The van der Waals surface area contributed by atoms with Crippen LogP contribution in [0.1, 0.15) is 100 Å². The summed E-state index contributed by atoms with van der Waals surface area (Å²) in [6.45, 7) is 6.19. The van der Waals surface area contributed by atoms with E-state index in [4.69, 9.17) is 14.2 Å². The first-order valence-electron chi connectivity index (χ1n) is 16.9. The quantitative estimate of drug-likeness (QED) is 0.0668. The molecule has 2 saturated heterocycles. The Morgan fingerprint density at radius 1 is 0.635 bits per heavy atom. The number of aliphatic hydroxyl groups excluding tert-OH is 3. The van der Waals surface area contributed by atoms with Crippen molar-refractivity contribution in [2.24, 2.45) is 0 Å². The summed E-state index contributed by atoms with van der Waals surface area (Å²) in [6.07, 6.45) is -13.9. The molecule has 0 aromatic carbocycles. The first-order valence-corrected chi connectivity index (χ1v) is 16.9. The van der Waals surface area contributed by atoms with Gasteiger partial charge in [-0.25, -0.2) is 0 Å². The van der Waals surface area contributed by atoms with Crippen LogP contribution in [-0.2, 0) is 47.8 Å². The van der Waals surface area contributed by atoms with Crippen molar-refractivity contribution in [2.45, 2.75) is 171 Å². The first-order chi connectivity index (χ1) is 23.7. The zero-order valence-electron chi connectivity index (χ0n) is 30.6. The van der Waals surface area contributed by atoms with E-state index in [9.17, 15) is 74.4 Å². The number of ketones is 7. The highest BCUT2D eigenvalue weighted by molar-refractivity contribution is 6.06. The molecule has 0 spiro atoms. The molecule has 0 saturated carbocycles. The van der Waals surface area contributed by atoms with Gasteiger partial charge in [0.25, 0.3) is 0 Å². The van der Waals surface area contributed by atoms with Gasteiger partial charge in [0.1, 0.15) is 30.5 Å². The van der Waals surface area contributed by atoms with E-state index in [1.165, 1.54) is 0 Å². The zero-order chi connectivity index (χ0) is 40.6. The number of rotatable bonds is 18. The molecule has 2 aliphatic rings. The molecule has 3 unspecified atom stereocenters. The minimum Gasteiger partial charge on any atom is -0.387 e. The number of hydrogen-bond donors (Lipinski definition) is 8. The van der Waals surface area contributed by atoms with Gasteiger partial charge in [0.05, 0.1) is 0 Å². The number of carbonyl (C=O) groups is 7. The lowest BCUT2D eigenvalue weighted by Gasteiger charge is -2.64. The third-order valence-corrected chi connectivity index (χ3v) is 10.5. The molecule has 0 amide bonds. The Balaban J connectivity index is 3.14. The van der Waals surface area contributed by atoms with Gasteiger partial charge in [-0.2, -0.15) is 0 Å². The monoisotopic (exact) mass is 748 g/mol. The highest BCUT2D eigenvalue weighted by Crippen LogP contribution is 2.56. The van der Waals surface area contributed by atoms with Crippen LogP contribution in [0.2, 0.25) is 0 Å². The van der Waals surface area contributed by atoms with Gasteiger partial charge in [-0.15, -0.1) is 0 Å². The van der Waals surface area contributed by atoms with Crippen molar-refractivity contribution < 1.29 is 88.6 Å². The number of hydrogen-bond acceptors (Lipinski definition) is 18. The van der Waals surface area contributed by atoms with Crippen LogP contribution < -0.4 is 0 Å². The Morgan fingerprint density at radius 3 is 1.50 bits per heavy atom. The van der Waals surface area contributed by atoms with E-state index >= 15 is 0 Å². The molecule has 18 heteroatoms. The molecule has 2 rings (SSSR count). The molecule has 2 aliphatic heterocycles. The largest absolute Gasteiger partial charge is 0.387 e. The molecule has 2 fully saturated rings. The van der Waals surface area contributed by atoms with Crippen molar-refractivity contribution in [1.82, 2.24) is 0 Å². The molecule has 0 aromatic heterocycles. The standard InChI is InChI=1S/C34H52O18/c1-9-10-11-12-13-14-15-29(45)33(48,21(7)40)34(49,22(8)41)32(20(6)39,27(51-29)24(43)17(3)36)52-28-31(47,19(5)38)30(46,18(4)37)26(44)25(50-28)23(42)16(2)35/h23-28,42-49H,9-15H2,1-8H3/t23?,24?,25-,26+,27-,28+,29?,30+,31+,32-,33+,34+/m1/s1. The number of aliphatic hydroxyl groups is 8. The van der Waals surface area contributed by atoms with E-state index in [0.717, 1.165) is 33.1 Å². The lowest BCUT2D eigenvalue weighted by atomic mass is 9.56. The van der Waals surface area contributed by atoms with Crippen LogP contribution in [0, 0.1) is 0 Å². The molecular weight excluding hydrogens is 696 g/mol. The van der Waals surface area contributed by atoms with Crippen LogP contribution in [0.15, 0.2) is 0 Å². The molecular formula is C34H52O18. The smallest absolute Gasteiger partial charge is 0.216 e. The normalized spacial score (nSPS) is 38.9. The summed E-state index contributed by atoms with van der Waals surface area (Å²) < 4.78 is 16.9. The molecule has 0 aromatic rings. The van der Waals surface area contributed by atoms with Crippen LogP contribution in [0.25, 0.3) is 0 Å². The molecule has 12 atom stereocenters. The van der Waals surface area contributed by atoms with E-state index in [2.05, 4.69) is 0 Å². The van der Waals surface area contributed by atoms with Gasteiger partial charge < -0.3 is 55.1 Å². The molecule has 8 N–H and O–H groups in total. The van der Waals surface area contributed by atoms with Crippen molar-refractivity contribution >= 4 is 40.5 Å². The Morgan fingerprint density at radius 2 is 1.10 bits per heavy atom. The fraction of sp³-hybridized carbons (Fsp3) is 0.794. The SMILES string of the molecule is CCCCCCCCC1(O)O[C@H](C(O)C(C)=O)[C@](O[C@@H]2O[C@H](C(O)C(C)=O)[C@H](O)[C@@](O)(C(C)=O)[C@]2(O)C(C)=O)(C(C)=O)[C@@](O)(C(C)=O)[C@]1(O)C(C)=O. The molecule has 0 bridgehead atoms. The topological polar surface area (TPSA) is 309 Å². The fourth-order valence-electron chi connectivity index (χ4n) is 7.39. The minimum atomic E-state index is -4.16. The Kier molecular flexibility index (Phi) is 13.9. The summed E-state index contributed by atoms with van der Waals surface area (Å²) in [5, 5.41) is 93.4. The second-order valence-corrected chi connectivity index (χ2v) is 13.9. The van der Waals surface area contributed by atoms with Gasteiger partial charge >= 0.3 is 0 Å². The third kappa shape index (κ3) is 6.55. The Bertz CT molecular complexity index is 1450. The van der Waals surface area contributed by atoms with E-state index in [1.807, 2.05) is 6.92 Å². The van der Waals surface area contributed by atoms with Gasteiger partial charge in [-0.3, -0.25) is 33.6 Å². The van der Waals surface area contributed by atoms with Crippen LogP contribution >= 0.6 is 0 Å². The average Bonchev–Trinajstić information content (AvgIpc) is 3.04. The number of carbonyl (C=O) groups excluding carboxylic acids is 7. The van der Waals surface area contributed by atoms with Crippen LogP contribution in [0.5, 0.6) is 0 Å². The zero-order valence-corrected chi connectivity index (χ0v) is 30.6. The van der Waals surface area contributed by atoms with Gasteiger partial charge in [-0.05, 0) is 54.9 Å². The van der Waals surface area contributed by atoms with E-state index in [1.54, 1.807) is 0 Å². The number of Topliss-reactive ketones (excluding diaryl/α,β-unsaturated/α-hetero) is 7. The Hall–Kier alpha value is -2.75. The summed E-state index contributed by atoms with van der Waals surface area (Å²) in [7, 11) is 0. The Labute approximate surface area is 300 Å². The van der Waals surface area contributed by atoms with Crippen LogP contribution in [-0.4, -0.2) is 152 Å². The maximum Gasteiger partial charge on any atom is 0.216 e. The second kappa shape index (κ2) is 15.9. The lowest BCUT2D eigenvalue weighted by molar-refractivity contribution is -0.445.